The van der Waals surface area contributed by atoms with Crippen LogP contribution in [-0.2, 0) is 9.09 Å². The monoisotopic (exact) mass is 305 g/mol. The average Bonchev–Trinajstić information content (AvgIpc) is 2.43. The van der Waals surface area contributed by atoms with E-state index in [1.54, 1.807) is 0 Å². The van der Waals surface area contributed by atoms with Gasteiger partial charge in [0.25, 0.3) is 0 Å². The number of unbranched alkanes of at least 4 members (excludes halogenated alkanes) is 13. The van der Waals surface area contributed by atoms with Crippen LogP contribution < -0.4 is 0 Å². The highest BCUT2D eigenvalue weighted by atomic mass is 31.1. The van der Waals surface area contributed by atoms with Crippen LogP contribution >= 0.6 is 8.25 Å². The van der Waals surface area contributed by atoms with E-state index in [0.717, 1.165) is 12.8 Å². The molecule has 121 valence electrons. The second kappa shape index (κ2) is 17.1. The van der Waals surface area contributed by atoms with E-state index in [1.807, 2.05) is 0 Å². The number of hydrogen-bond donors (Lipinski definition) is 1. The smallest absolute Gasteiger partial charge is 0.298 e. The summed E-state index contributed by atoms with van der Waals surface area (Å²) in [7, 11) is -2.39. The lowest BCUT2D eigenvalue weighted by molar-refractivity contribution is 0.273. The Hall–Kier alpha value is 0.0200. The van der Waals surface area contributed by atoms with E-state index in [-0.39, 0.29) is 0 Å². The number of rotatable bonds is 16. The molecule has 0 aliphatic rings. The van der Waals surface area contributed by atoms with Crippen LogP contribution in [0.2, 0.25) is 0 Å². The Labute approximate surface area is 126 Å². The molecule has 0 spiro atoms. The number of hydrogen-bond acceptors (Lipinski definition) is 2. The van der Waals surface area contributed by atoms with E-state index in [2.05, 4.69) is 11.4 Å². The summed E-state index contributed by atoms with van der Waals surface area (Å²) in [6, 6.07) is 0. The zero-order chi connectivity index (χ0) is 14.9. The van der Waals surface area contributed by atoms with Crippen molar-refractivity contribution in [2.75, 3.05) is 6.61 Å². The van der Waals surface area contributed by atoms with E-state index in [0.29, 0.717) is 6.61 Å². The zero-order valence-corrected chi connectivity index (χ0v) is 14.2. The third kappa shape index (κ3) is 18.0. The summed E-state index contributed by atoms with van der Waals surface area (Å²) >= 11 is 0. The fraction of sp³-hybridized carbons (Fsp3) is 1.00. The van der Waals surface area contributed by atoms with Gasteiger partial charge in [-0.2, -0.15) is 0 Å². The van der Waals surface area contributed by atoms with Crippen molar-refractivity contribution in [3.63, 3.8) is 0 Å². The molecule has 3 nitrogen and oxygen atoms in total. The molecule has 0 aromatic carbocycles. The molecule has 0 aromatic rings. The van der Waals surface area contributed by atoms with E-state index in [1.165, 1.54) is 77.0 Å². The van der Waals surface area contributed by atoms with Crippen LogP contribution in [-0.4, -0.2) is 11.5 Å². The fourth-order valence-corrected chi connectivity index (χ4v) is 2.72. The van der Waals surface area contributed by atoms with Crippen LogP contribution in [0, 0.1) is 0 Å². The van der Waals surface area contributed by atoms with Crippen LogP contribution in [0.3, 0.4) is 0 Å². The van der Waals surface area contributed by atoms with E-state index in [4.69, 9.17) is 4.89 Å². The Morgan fingerprint density at radius 3 is 1.40 bits per heavy atom. The maximum atomic E-state index is 10.3. The molecule has 0 aliphatic heterocycles. The highest BCUT2D eigenvalue weighted by molar-refractivity contribution is 7.32. The van der Waals surface area contributed by atoms with Crippen LogP contribution in [0.15, 0.2) is 0 Å². The van der Waals surface area contributed by atoms with Crippen molar-refractivity contribution in [3.05, 3.63) is 0 Å². The molecule has 0 rings (SSSR count). The second-order valence-corrected chi connectivity index (χ2v) is 6.40. The summed E-state index contributed by atoms with van der Waals surface area (Å²) in [5, 5.41) is 0. The standard InChI is InChI=1S/C16H34O3P/c1-2-3-4-5-6-7-8-9-10-11-12-13-14-15-16-19-20(17)18/h2-16H2,1H3,(H,17,18). The predicted molar refractivity (Wildman–Crippen MR) is 86.1 cm³/mol. The molecule has 0 heterocycles. The molecule has 0 saturated heterocycles. The summed E-state index contributed by atoms with van der Waals surface area (Å²) in [5.41, 5.74) is 0. The van der Waals surface area contributed by atoms with E-state index in [9.17, 15) is 4.57 Å². The molecule has 0 aromatic heterocycles. The minimum Gasteiger partial charge on any atom is -0.298 e. The van der Waals surface area contributed by atoms with Crippen molar-refractivity contribution in [2.24, 2.45) is 0 Å². The molecule has 1 unspecified atom stereocenters. The minimum atomic E-state index is -2.39. The van der Waals surface area contributed by atoms with Gasteiger partial charge in [0.15, 0.2) is 0 Å². The molecule has 0 amide bonds. The van der Waals surface area contributed by atoms with Gasteiger partial charge in [-0.1, -0.05) is 90.4 Å². The molecular weight excluding hydrogens is 271 g/mol. The van der Waals surface area contributed by atoms with Gasteiger partial charge in [0, 0.05) is 0 Å². The van der Waals surface area contributed by atoms with Gasteiger partial charge in [-0.3, -0.25) is 9.42 Å². The summed E-state index contributed by atoms with van der Waals surface area (Å²) in [4.78, 5) is 8.44. The van der Waals surface area contributed by atoms with Crippen LogP contribution in [0.5, 0.6) is 0 Å². The first-order valence-corrected chi connectivity index (χ1v) is 9.69. The third-order valence-electron chi connectivity index (χ3n) is 3.70. The van der Waals surface area contributed by atoms with Gasteiger partial charge >= 0.3 is 8.25 Å². The van der Waals surface area contributed by atoms with Gasteiger partial charge < -0.3 is 0 Å². The zero-order valence-electron chi connectivity index (χ0n) is 13.3. The van der Waals surface area contributed by atoms with Gasteiger partial charge in [-0.05, 0) is 6.42 Å². The fourth-order valence-electron chi connectivity index (χ4n) is 2.44. The molecule has 0 aliphatic carbocycles. The SMILES string of the molecule is CCCCCCCCCCCCCCCCO[P](=O)O. The molecule has 0 saturated carbocycles. The van der Waals surface area contributed by atoms with Gasteiger partial charge in [-0.15, -0.1) is 0 Å². The summed E-state index contributed by atoms with van der Waals surface area (Å²) in [6.07, 6.45) is 18.5. The summed E-state index contributed by atoms with van der Waals surface area (Å²) in [6.45, 7) is 2.69. The first kappa shape index (κ1) is 20.0. The molecule has 0 fully saturated rings. The van der Waals surface area contributed by atoms with Crippen molar-refractivity contribution in [1.29, 1.82) is 0 Å². The van der Waals surface area contributed by atoms with Gasteiger partial charge in [0.1, 0.15) is 0 Å². The van der Waals surface area contributed by atoms with Crippen molar-refractivity contribution in [3.8, 4) is 0 Å². The molecule has 20 heavy (non-hydrogen) atoms. The third-order valence-corrected chi connectivity index (χ3v) is 4.10. The van der Waals surface area contributed by atoms with Gasteiger partial charge in [0.2, 0.25) is 0 Å². The molecule has 1 N–H and O–H groups in total. The van der Waals surface area contributed by atoms with Gasteiger partial charge in [-0.25, -0.2) is 4.57 Å². The minimum absolute atomic E-state index is 0.420. The Bertz CT molecular complexity index is 210. The maximum Gasteiger partial charge on any atom is 0.366 e. The molecule has 0 bridgehead atoms. The summed E-state index contributed by atoms with van der Waals surface area (Å²) < 4.78 is 14.9. The van der Waals surface area contributed by atoms with Crippen LogP contribution in [0.25, 0.3) is 0 Å². The lowest BCUT2D eigenvalue weighted by Gasteiger charge is -2.03. The lowest BCUT2D eigenvalue weighted by Crippen LogP contribution is -1.87. The van der Waals surface area contributed by atoms with E-state index < -0.39 is 8.25 Å². The van der Waals surface area contributed by atoms with Crippen molar-refractivity contribution in [2.45, 2.75) is 96.8 Å². The Balaban J connectivity index is 2.94. The molecule has 1 radical (unpaired) electrons. The van der Waals surface area contributed by atoms with Crippen molar-refractivity contribution in [1.82, 2.24) is 0 Å². The maximum absolute atomic E-state index is 10.3. The molecular formula is C16H34O3P. The molecule has 1 atom stereocenters. The van der Waals surface area contributed by atoms with Gasteiger partial charge in [0.05, 0.1) is 6.61 Å². The quantitative estimate of drug-likeness (QED) is 0.275. The van der Waals surface area contributed by atoms with Crippen LogP contribution in [0.1, 0.15) is 96.8 Å². The first-order chi connectivity index (χ1) is 9.77. The predicted octanol–water partition coefficient (Wildman–Crippen LogP) is 6.13. The van der Waals surface area contributed by atoms with Crippen LogP contribution in [0.4, 0.5) is 0 Å². The molecule has 4 heteroatoms. The Morgan fingerprint density at radius 1 is 0.700 bits per heavy atom. The highest BCUT2D eigenvalue weighted by Gasteiger charge is 1.96. The average molecular weight is 305 g/mol. The topological polar surface area (TPSA) is 46.5 Å². The first-order valence-electron chi connectivity index (χ1n) is 8.56. The van der Waals surface area contributed by atoms with Crippen molar-refractivity contribution < 1.29 is 14.0 Å². The lowest BCUT2D eigenvalue weighted by atomic mass is 10.0. The van der Waals surface area contributed by atoms with Crippen molar-refractivity contribution >= 4 is 8.25 Å². The van der Waals surface area contributed by atoms with E-state index >= 15 is 0 Å². The Morgan fingerprint density at radius 2 is 1.05 bits per heavy atom. The highest BCUT2D eigenvalue weighted by Crippen LogP contribution is 2.16. The Kier molecular flexibility index (Phi) is 17.1. The normalized spacial score (nSPS) is 11.8. The summed E-state index contributed by atoms with van der Waals surface area (Å²) in [5.74, 6) is 0. The second-order valence-electron chi connectivity index (χ2n) is 5.67. The largest absolute Gasteiger partial charge is 0.366 e.